The molecule has 3 aromatic carbocycles. The van der Waals surface area contributed by atoms with Crippen LogP contribution in [-0.2, 0) is 27.5 Å². The second kappa shape index (κ2) is 27.7. The Bertz CT molecular complexity index is 2060. The van der Waals surface area contributed by atoms with E-state index in [1.807, 2.05) is 72.8 Å². The molecule has 0 radical (unpaired) electrons. The second-order valence-corrected chi connectivity index (χ2v) is 18.7. The lowest BCUT2D eigenvalue weighted by Gasteiger charge is -2.59. The molecule has 6 unspecified atom stereocenters. The standard InChI is InChI=1S/C56H77N3O9/c1-4-6-7-8-9-10-11-12-13-22-33-57-54(62)67-45-31-32-50-48(38-45)52-46(30-21-24-35-61)44(29-20-23-34-60)37-47-49(58-66-41-43-27-18-15-19-28-43)39-51(56(68-50,53(47)52)65-36-5-2)59(3)55(63)64-40-42-25-16-14-17-26-42/h5,14-19,25-28,31-32,37-38,44,46,51-53,60-61H,2,4,6-13,20-24,29-30,33-36,39-41H2,1,3H3,(H,57,62). The molecule has 0 spiro atoms. The summed E-state index contributed by atoms with van der Waals surface area (Å²) in [6.45, 7) is 7.41. The maximum absolute atomic E-state index is 14.3. The molecule has 6 rings (SSSR count). The number of aliphatic hydroxyl groups is 2. The Kier molecular flexibility index (Phi) is 21.3. The number of benzene rings is 3. The topological polar surface area (TPSA) is 148 Å². The van der Waals surface area contributed by atoms with Gasteiger partial charge in [-0.25, -0.2) is 9.59 Å². The molecule has 68 heavy (non-hydrogen) atoms. The van der Waals surface area contributed by atoms with Crippen molar-refractivity contribution in [3.05, 3.63) is 120 Å². The molecule has 3 aromatic rings. The van der Waals surface area contributed by atoms with Crippen molar-refractivity contribution in [1.82, 2.24) is 10.2 Å². The molecule has 1 saturated carbocycles. The van der Waals surface area contributed by atoms with E-state index in [4.69, 9.17) is 28.9 Å². The van der Waals surface area contributed by atoms with Gasteiger partial charge in [-0.15, -0.1) is 6.58 Å². The Labute approximate surface area is 405 Å². The molecule has 12 nitrogen and oxygen atoms in total. The number of nitrogens with one attached hydrogen (secondary N) is 1. The minimum absolute atomic E-state index is 0.00402. The molecule has 0 aromatic heterocycles. The summed E-state index contributed by atoms with van der Waals surface area (Å²) < 4.78 is 26.2. The number of ether oxygens (including phenoxy) is 4. The zero-order valence-corrected chi connectivity index (χ0v) is 40.7. The first-order chi connectivity index (χ1) is 33.3. The molecule has 6 atom stereocenters. The van der Waals surface area contributed by atoms with Gasteiger partial charge in [-0.2, -0.15) is 0 Å². The van der Waals surface area contributed by atoms with E-state index >= 15 is 0 Å². The minimum Gasteiger partial charge on any atom is -0.459 e. The van der Waals surface area contributed by atoms with E-state index in [-0.39, 0.29) is 57.2 Å². The van der Waals surface area contributed by atoms with Gasteiger partial charge in [-0.1, -0.05) is 156 Å². The van der Waals surface area contributed by atoms with Crippen LogP contribution in [0.25, 0.3) is 0 Å². The number of unbranched alkanes of at least 4 members (excludes halogenated alkanes) is 11. The predicted molar refractivity (Wildman–Crippen MR) is 266 cm³/mol. The van der Waals surface area contributed by atoms with Crippen LogP contribution in [0.15, 0.2) is 108 Å². The first-order valence-corrected chi connectivity index (χ1v) is 25.5. The highest BCUT2D eigenvalue weighted by Crippen LogP contribution is 2.62. The van der Waals surface area contributed by atoms with E-state index in [1.165, 1.54) is 44.9 Å². The monoisotopic (exact) mass is 936 g/mol. The van der Waals surface area contributed by atoms with Gasteiger partial charge < -0.3 is 44.2 Å². The van der Waals surface area contributed by atoms with Crippen LogP contribution in [0, 0.1) is 17.8 Å². The van der Waals surface area contributed by atoms with Gasteiger partial charge in [0.15, 0.2) is 0 Å². The smallest absolute Gasteiger partial charge is 0.412 e. The lowest BCUT2D eigenvalue weighted by atomic mass is 9.55. The fourth-order valence-corrected chi connectivity index (χ4v) is 10.4. The Balaban J connectivity index is 1.35. The molecule has 0 bridgehead atoms. The lowest BCUT2D eigenvalue weighted by Crippen LogP contribution is -2.69. The molecule has 0 saturated heterocycles. The largest absolute Gasteiger partial charge is 0.459 e. The third-order valence-corrected chi connectivity index (χ3v) is 13.9. The Hall–Kier alpha value is -5.17. The number of carbonyl (C=O) groups excluding carboxylic acids is 2. The molecular weight excluding hydrogens is 859 g/mol. The first-order valence-electron chi connectivity index (χ1n) is 25.5. The predicted octanol–water partition coefficient (Wildman–Crippen LogP) is 11.8. The first kappa shape index (κ1) is 52.2. The Morgan fingerprint density at radius 3 is 2.15 bits per heavy atom. The van der Waals surface area contributed by atoms with Crippen molar-refractivity contribution in [2.45, 2.75) is 147 Å². The van der Waals surface area contributed by atoms with Crippen molar-refractivity contribution < 1.29 is 43.6 Å². The van der Waals surface area contributed by atoms with Crippen molar-refractivity contribution in [2.75, 3.05) is 33.4 Å². The maximum atomic E-state index is 14.3. The summed E-state index contributed by atoms with van der Waals surface area (Å²) in [5, 5.41) is 27.8. The van der Waals surface area contributed by atoms with Crippen molar-refractivity contribution >= 4 is 17.9 Å². The summed E-state index contributed by atoms with van der Waals surface area (Å²) in [6.07, 6.45) is 19.7. The van der Waals surface area contributed by atoms with Crippen LogP contribution in [-0.4, -0.2) is 78.3 Å². The van der Waals surface area contributed by atoms with Gasteiger partial charge in [0.05, 0.1) is 18.2 Å². The molecular formula is C56H77N3O9. The van der Waals surface area contributed by atoms with Crippen LogP contribution >= 0.6 is 0 Å². The average Bonchev–Trinajstić information content (AvgIpc) is 3.36. The summed E-state index contributed by atoms with van der Waals surface area (Å²) in [4.78, 5) is 35.4. The van der Waals surface area contributed by atoms with E-state index in [0.29, 0.717) is 36.6 Å². The Morgan fingerprint density at radius 1 is 0.838 bits per heavy atom. The maximum Gasteiger partial charge on any atom is 0.412 e. The van der Waals surface area contributed by atoms with Gasteiger partial charge in [0.25, 0.3) is 0 Å². The lowest BCUT2D eigenvalue weighted by molar-refractivity contribution is -0.253. The number of fused-ring (bicyclic) bond motifs is 2. The van der Waals surface area contributed by atoms with Crippen molar-refractivity contribution in [2.24, 2.45) is 22.9 Å². The van der Waals surface area contributed by atoms with Crippen LogP contribution in [0.2, 0.25) is 0 Å². The van der Waals surface area contributed by atoms with Crippen molar-refractivity contribution in [3.8, 4) is 11.5 Å². The number of nitrogens with zero attached hydrogens (tertiary/aromatic N) is 2. The van der Waals surface area contributed by atoms with E-state index in [0.717, 1.165) is 67.2 Å². The summed E-state index contributed by atoms with van der Waals surface area (Å²) in [7, 11) is 1.71. The van der Waals surface area contributed by atoms with Crippen LogP contribution in [0.3, 0.4) is 0 Å². The van der Waals surface area contributed by atoms with Crippen LogP contribution in [0.5, 0.6) is 11.5 Å². The highest BCUT2D eigenvalue weighted by molar-refractivity contribution is 6.03. The zero-order chi connectivity index (χ0) is 48.0. The van der Waals surface area contributed by atoms with Crippen molar-refractivity contribution in [3.63, 3.8) is 0 Å². The molecule has 2 amide bonds. The SMILES string of the molecule is C=CCOC12Oc3ccc(OC(=O)NCCCCCCCCCCCC)cc3C3C(CCCCO)C(CCCCO)C=C(C(=NOCc4ccccc4)CC1N(C)C(=O)OCc1ccccc1)C32. The molecule has 1 fully saturated rings. The summed E-state index contributed by atoms with van der Waals surface area (Å²) in [5.41, 5.74) is 4.27. The van der Waals surface area contributed by atoms with Gasteiger partial charge in [-0.3, -0.25) is 0 Å². The normalized spacial score (nSPS) is 22.0. The highest BCUT2D eigenvalue weighted by atomic mass is 16.7. The molecule has 2 aliphatic carbocycles. The third kappa shape index (κ3) is 14.2. The summed E-state index contributed by atoms with van der Waals surface area (Å²) in [6, 6.07) is 24.2. The number of allylic oxidation sites excluding steroid dienone is 1. The van der Waals surface area contributed by atoms with Crippen LogP contribution in [0.1, 0.15) is 139 Å². The zero-order valence-electron chi connectivity index (χ0n) is 40.7. The van der Waals surface area contributed by atoms with Crippen molar-refractivity contribution in [1.29, 1.82) is 0 Å². The van der Waals surface area contributed by atoms with Gasteiger partial charge in [-0.05, 0) is 78.8 Å². The number of oxime groups is 1. The second-order valence-electron chi connectivity index (χ2n) is 18.7. The molecule has 370 valence electrons. The van der Waals surface area contributed by atoms with E-state index in [9.17, 15) is 19.8 Å². The number of amides is 2. The third-order valence-electron chi connectivity index (χ3n) is 13.9. The fourth-order valence-electron chi connectivity index (χ4n) is 10.4. The van der Waals surface area contributed by atoms with Crippen LogP contribution < -0.4 is 14.8 Å². The molecule has 3 aliphatic rings. The minimum atomic E-state index is -1.45. The molecule has 12 heteroatoms. The molecule has 1 aliphatic heterocycles. The summed E-state index contributed by atoms with van der Waals surface area (Å²) >= 11 is 0. The summed E-state index contributed by atoms with van der Waals surface area (Å²) in [5.74, 6) is -1.25. The van der Waals surface area contributed by atoms with E-state index < -0.39 is 29.9 Å². The highest BCUT2D eigenvalue weighted by Gasteiger charge is 2.65. The Morgan fingerprint density at radius 2 is 1.49 bits per heavy atom. The number of hydrogen-bond donors (Lipinski definition) is 3. The quantitative estimate of drug-likeness (QED) is 0.0351. The average molecular weight is 936 g/mol. The van der Waals surface area contributed by atoms with Gasteiger partial charge in [0.2, 0.25) is 5.79 Å². The number of rotatable bonds is 29. The molecule has 1 heterocycles. The fraction of sp³-hybridized carbons (Fsp3) is 0.554. The number of aliphatic hydroxyl groups excluding tert-OH is 2. The van der Waals surface area contributed by atoms with Crippen LogP contribution in [0.4, 0.5) is 9.59 Å². The number of carbonyl (C=O) groups is 2. The van der Waals surface area contributed by atoms with Gasteiger partial charge in [0, 0.05) is 44.7 Å². The molecule has 3 N–H and O–H groups in total. The van der Waals surface area contributed by atoms with E-state index in [2.05, 4.69) is 24.9 Å². The van der Waals surface area contributed by atoms with Gasteiger partial charge in [0.1, 0.15) is 30.8 Å². The number of likely N-dealkylation sites (N-methyl/N-ethyl adjacent to an activating group) is 1. The van der Waals surface area contributed by atoms with Gasteiger partial charge >= 0.3 is 12.2 Å². The number of hydrogen-bond acceptors (Lipinski definition) is 10. The van der Waals surface area contributed by atoms with E-state index in [1.54, 1.807) is 24.1 Å².